The van der Waals surface area contributed by atoms with Crippen molar-refractivity contribution >= 4 is 33.0 Å². The Labute approximate surface area is 125 Å². The molecule has 0 spiro atoms. The summed E-state index contributed by atoms with van der Waals surface area (Å²) < 4.78 is 27.0. The molecule has 0 aliphatic rings. The van der Waals surface area contributed by atoms with Crippen LogP contribution in [-0.4, -0.2) is 24.6 Å². The SMILES string of the molecule is Cc1cc(NS(=O)(=O)c2cc(C(=O)O)sc2C)ccc1O. The highest BCUT2D eigenvalue weighted by Crippen LogP contribution is 2.28. The number of phenolic OH excluding ortho intramolecular Hbond substituents is 1. The molecule has 0 fully saturated rings. The molecule has 2 rings (SSSR count). The number of nitrogens with one attached hydrogen (secondary N) is 1. The second-order valence-corrected chi connectivity index (χ2v) is 7.35. The smallest absolute Gasteiger partial charge is 0.345 e. The maximum atomic E-state index is 12.3. The quantitative estimate of drug-likeness (QED) is 0.749. The molecule has 0 aliphatic heterocycles. The number of thiophene rings is 1. The summed E-state index contributed by atoms with van der Waals surface area (Å²) in [6, 6.07) is 5.45. The van der Waals surface area contributed by atoms with Crippen molar-refractivity contribution in [3.63, 3.8) is 0 Å². The van der Waals surface area contributed by atoms with Crippen LogP contribution < -0.4 is 4.72 Å². The van der Waals surface area contributed by atoms with Crippen LogP contribution in [0.3, 0.4) is 0 Å². The van der Waals surface area contributed by atoms with Crippen molar-refractivity contribution < 1.29 is 23.4 Å². The maximum Gasteiger partial charge on any atom is 0.345 e. The Hall–Kier alpha value is -2.06. The zero-order valence-electron chi connectivity index (χ0n) is 11.2. The zero-order chi connectivity index (χ0) is 15.8. The van der Waals surface area contributed by atoms with E-state index in [1.807, 2.05) is 0 Å². The predicted molar refractivity (Wildman–Crippen MR) is 79.7 cm³/mol. The van der Waals surface area contributed by atoms with E-state index < -0.39 is 16.0 Å². The van der Waals surface area contributed by atoms with Crippen LogP contribution in [0.1, 0.15) is 20.1 Å². The van der Waals surface area contributed by atoms with Gasteiger partial charge in [0, 0.05) is 10.6 Å². The van der Waals surface area contributed by atoms with Crippen molar-refractivity contribution in [3.8, 4) is 5.75 Å². The molecule has 0 saturated heterocycles. The highest BCUT2D eigenvalue weighted by Gasteiger charge is 2.22. The third-order valence-corrected chi connectivity index (χ3v) is 5.50. The molecular formula is C13H13NO5S2. The third-order valence-electron chi connectivity index (χ3n) is 2.82. The first-order valence-corrected chi connectivity index (χ1v) is 8.17. The van der Waals surface area contributed by atoms with Gasteiger partial charge in [-0.1, -0.05) is 0 Å². The molecule has 21 heavy (non-hydrogen) atoms. The number of anilines is 1. The molecule has 112 valence electrons. The van der Waals surface area contributed by atoms with Crippen molar-refractivity contribution in [1.82, 2.24) is 0 Å². The highest BCUT2D eigenvalue weighted by molar-refractivity contribution is 7.93. The fourth-order valence-electron chi connectivity index (χ4n) is 1.77. The average Bonchev–Trinajstić information content (AvgIpc) is 2.77. The number of aromatic carboxylic acids is 1. The fourth-order valence-corrected chi connectivity index (χ4v) is 4.25. The van der Waals surface area contributed by atoms with Crippen LogP contribution >= 0.6 is 11.3 Å². The van der Waals surface area contributed by atoms with Gasteiger partial charge in [0.15, 0.2) is 0 Å². The number of benzene rings is 1. The third kappa shape index (κ3) is 3.17. The number of aryl methyl sites for hydroxylation is 2. The van der Waals surface area contributed by atoms with E-state index in [0.717, 1.165) is 17.4 Å². The minimum atomic E-state index is -3.87. The summed E-state index contributed by atoms with van der Waals surface area (Å²) in [6.45, 7) is 3.19. The van der Waals surface area contributed by atoms with Gasteiger partial charge < -0.3 is 10.2 Å². The van der Waals surface area contributed by atoms with Gasteiger partial charge in [-0.05, 0) is 43.7 Å². The van der Waals surface area contributed by atoms with Gasteiger partial charge in [-0.25, -0.2) is 13.2 Å². The van der Waals surface area contributed by atoms with E-state index in [1.165, 1.54) is 18.2 Å². The van der Waals surface area contributed by atoms with Gasteiger partial charge in [-0.15, -0.1) is 11.3 Å². The van der Waals surface area contributed by atoms with E-state index >= 15 is 0 Å². The molecular weight excluding hydrogens is 314 g/mol. The van der Waals surface area contributed by atoms with E-state index in [-0.39, 0.29) is 15.5 Å². The fraction of sp³-hybridized carbons (Fsp3) is 0.154. The van der Waals surface area contributed by atoms with Crippen LogP contribution in [0.4, 0.5) is 5.69 Å². The second-order valence-electron chi connectivity index (χ2n) is 4.44. The first-order chi connectivity index (χ1) is 9.70. The van der Waals surface area contributed by atoms with Gasteiger partial charge in [-0.3, -0.25) is 4.72 Å². The highest BCUT2D eigenvalue weighted by atomic mass is 32.2. The Morgan fingerprint density at radius 1 is 1.24 bits per heavy atom. The van der Waals surface area contributed by atoms with Crippen molar-refractivity contribution in [2.75, 3.05) is 4.72 Å². The number of aromatic hydroxyl groups is 1. The predicted octanol–water partition coefficient (Wildman–Crippen LogP) is 2.57. The second kappa shape index (κ2) is 5.38. The maximum absolute atomic E-state index is 12.3. The van der Waals surface area contributed by atoms with Gasteiger partial charge in [0.05, 0.1) is 0 Å². The molecule has 1 aromatic carbocycles. The molecule has 0 aliphatic carbocycles. The van der Waals surface area contributed by atoms with Crippen LogP contribution in [0.2, 0.25) is 0 Å². The molecule has 0 radical (unpaired) electrons. The summed E-state index contributed by atoms with van der Waals surface area (Å²) in [5.74, 6) is -1.09. The van der Waals surface area contributed by atoms with Crippen LogP contribution in [0.5, 0.6) is 5.75 Å². The molecule has 1 aromatic heterocycles. The van der Waals surface area contributed by atoms with Crippen LogP contribution in [-0.2, 0) is 10.0 Å². The van der Waals surface area contributed by atoms with Gasteiger partial charge in [-0.2, -0.15) is 0 Å². The summed E-state index contributed by atoms with van der Waals surface area (Å²) in [7, 11) is -3.87. The Morgan fingerprint density at radius 3 is 2.43 bits per heavy atom. The van der Waals surface area contributed by atoms with E-state index in [0.29, 0.717) is 16.1 Å². The number of hydrogen-bond donors (Lipinski definition) is 3. The summed E-state index contributed by atoms with van der Waals surface area (Å²) in [4.78, 5) is 11.2. The minimum absolute atomic E-state index is 0.0326. The van der Waals surface area contributed by atoms with Gasteiger partial charge in [0.25, 0.3) is 10.0 Å². The lowest BCUT2D eigenvalue weighted by Crippen LogP contribution is -2.13. The first kappa shape index (κ1) is 15.3. The number of carboxylic acids is 1. The van der Waals surface area contributed by atoms with E-state index in [1.54, 1.807) is 13.8 Å². The lowest BCUT2D eigenvalue weighted by molar-refractivity contribution is 0.0702. The summed E-state index contributed by atoms with van der Waals surface area (Å²) >= 11 is 0.907. The van der Waals surface area contributed by atoms with Crippen LogP contribution in [0.15, 0.2) is 29.2 Å². The number of phenols is 1. The lowest BCUT2D eigenvalue weighted by atomic mass is 10.2. The topological polar surface area (TPSA) is 104 Å². The van der Waals surface area contributed by atoms with Crippen LogP contribution in [0.25, 0.3) is 0 Å². The van der Waals surface area contributed by atoms with Crippen molar-refractivity contribution in [2.24, 2.45) is 0 Å². The Morgan fingerprint density at radius 2 is 1.90 bits per heavy atom. The van der Waals surface area contributed by atoms with Gasteiger partial charge in [0.1, 0.15) is 15.5 Å². The number of carboxylic acid groups (broad SMARTS) is 1. The molecule has 2 aromatic rings. The normalized spacial score (nSPS) is 11.3. The van der Waals surface area contributed by atoms with Crippen molar-refractivity contribution in [2.45, 2.75) is 18.7 Å². The minimum Gasteiger partial charge on any atom is -0.508 e. The molecule has 0 atom stereocenters. The number of sulfonamides is 1. The van der Waals surface area contributed by atoms with Crippen LogP contribution in [0, 0.1) is 13.8 Å². The van der Waals surface area contributed by atoms with Gasteiger partial charge in [0.2, 0.25) is 0 Å². The number of carbonyl (C=O) groups is 1. The Bertz CT molecular complexity index is 808. The molecule has 0 saturated carbocycles. The average molecular weight is 327 g/mol. The van der Waals surface area contributed by atoms with Crippen molar-refractivity contribution in [3.05, 3.63) is 39.6 Å². The molecule has 0 unspecified atom stereocenters. The molecule has 0 bridgehead atoms. The molecule has 6 nitrogen and oxygen atoms in total. The van der Waals surface area contributed by atoms with E-state index in [2.05, 4.69) is 4.72 Å². The molecule has 8 heteroatoms. The number of rotatable bonds is 4. The first-order valence-electron chi connectivity index (χ1n) is 5.87. The van der Waals surface area contributed by atoms with Gasteiger partial charge >= 0.3 is 5.97 Å². The van der Waals surface area contributed by atoms with E-state index in [4.69, 9.17) is 5.11 Å². The standard InChI is InChI=1S/C13H13NO5S2/c1-7-5-9(3-4-10(7)15)14-21(18,19)12-6-11(13(16)17)20-8(12)2/h3-6,14-15H,1-2H3,(H,16,17). The summed E-state index contributed by atoms with van der Waals surface area (Å²) in [5, 5.41) is 18.3. The van der Waals surface area contributed by atoms with E-state index in [9.17, 15) is 18.3 Å². The molecule has 1 heterocycles. The number of hydrogen-bond acceptors (Lipinski definition) is 5. The molecule has 3 N–H and O–H groups in total. The lowest BCUT2D eigenvalue weighted by Gasteiger charge is -2.09. The zero-order valence-corrected chi connectivity index (χ0v) is 12.9. The Balaban J connectivity index is 2.38. The largest absolute Gasteiger partial charge is 0.508 e. The summed E-state index contributed by atoms with van der Waals surface area (Å²) in [5.41, 5.74) is 0.830. The Kier molecular flexibility index (Phi) is 3.93. The summed E-state index contributed by atoms with van der Waals surface area (Å²) in [6.07, 6.45) is 0. The molecule has 0 amide bonds. The van der Waals surface area contributed by atoms with Crippen molar-refractivity contribution in [1.29, 1.82) is 0 Å². The monoisotopic (exact) mass is 327 g/mol.